The first-order valence-corrected chi connectivity index (χ1v) is 5.19. The van der Waals surface area contributed by atoms with E-state index in [4.69, 9.17) is 11.6 Å². The largest absolute Gasteiger partial charge is 0.378 e. The van der Waals surface area contributed by atoms with Gasteiger partial charge in [0, 0.05) is 31.4 Å². The molecular formula is C11H17ClN2. The minimum absolute atomic E-state index is 0.831. The van der Waals surface area contributed by atoms with Crippen LogP contribution in [-0.4, -0.2) is 20.6 Å². The molecule has 1 N–H and O–H groups in total. The zero-order valence-electron chi connectivity index (χ0n) is 8.97. The number of hydrogen-bond donors (Lipinski definition) is 1. The standard InChI is InChI=1S/C11H17ClN2/c1-4-13-8-9-5-6-10(14(2)3)7-11(9)12/h5-7,13H,4,8H2,1-3H3. The van der Waals surface area contributed by atoms with Crippen LogP contribution in [-0.2, 0) is 6.54 Å². The molecule has 1 aromatic carbocycles. The predicted octanol–water partition coefficient (Wildman–Crippen LogP) is 2.52. The van der Waals surface area contributed by atoms with Crippen molar-refractivity contribution in [1.29, 1.82) is 0 Å². The lowest BCUT2D eigenvalue weighted by molar-refractivity contribution is 0.727. The van der Waals surface area contributed by atoms with E-state index in [0.717, 1.165) is 29.4 Å². The van der Waals surface area contributed by atoms with Crippen molar-refractivity contribution in [3.05, 3.63) is 28.8 Å². The molecule has 0 aliphatic rings. The number of halogens is 1. The van der Waals surface area contributed by atoms with Crippen molar-refractivity contribution in [2.24, 2.45) is 0 Å². The van der Waals surface area contributed by atoms with Gasteiger partial charge in [-0.1, -0.05) is 24.6 Å². The molecule has 0 aliphatic carbocycles. The Hall–Kier alpha value is -0.730. The van der Waals surface area contributed by atoms with Crippen molar-refractivity contribution in [1.82, 2.24) is 5.32 Å². The van der Waals surface area contributed by atoms with E-state index < -0.39 is 0 Å². The van der Waals surface area contributed by atoms with Gasteiger partial charge in [-0.15, -0.1) is 0 Å². The van der Waals surface area contributed by atoms with E-state index in [9.17, 15) is 0 Å². The highest BCUT2D eigenvalue weighted by atomic mass is 35.5. The van der Waals surface area contributed by atoms with E-state index in [1.165, 1.54) is 0 Å². The third-order valence-electron chi connectivity index (χ3n) is 2.12. The van der Waals surface area contributed by atoms with E-state index in [2.05, 4.69) is 24.4 Å². The Morgan fingerprint density at radius 3 is 2.57 bits per heavy atom. The summed E-state index contributed by atoms with van der Waals surface area (Å²) in [6, 6.07) is 6.15. The second-order valence-corrected chi connectivity index (χ2v) is 3.86. The maximum Gasteiger partial charge on any atom is 0.0471 e. The van der Waals surface area contributed by atoms with Gasteiger partial charge in [0.05, 0.1) is 0 Å². The normalized spacial score (nSPS) is 10.3. The van der Waals surface area contributed by atoms with Crippen LogP contribution in [0.5, 0.6) is 0 Å². The maximum absolute atomic E-state index is 6.14. The Bertz CT molecular complexity index is 297. The van der Waals surface area contributed by atoms with Crippen LogP contribution < -0.4 is 10.2 Å². The Labute approximate surface area is 90.9 Å². The molecule has 2 nitrogen and oxygen atoms in total. The third kappa shape index (κ3) is 2.89. The molecule has 0 atom stereocenters. The molecule has 1 aromatic rings. The summed E-state index contributed by atoms with van der Waals surface area (Å²) in [7, 11) is 4.02. The first-order chi connectivity index (χ1) is 6.65. The fourth-order valence-corrected chi connectivity index (χ4v) is 1.46. The lowest BCUT2D eigenvalue weighted by Crippen LogP contribution is -2.13. The van der Waals surface area contributed by atoms with Crippen LogP contribution in [0.1, 0.15) is 12.5 Å². The van der Waals surface area contributed by atoms with E-state index in [1.54, 1.807) is 0 Å². The molecule has 0 unspecified atom stereocenters. The van der Waals surface area contributed by atoms with Crippen molar-refractivity contribution >= 4 is 17.3 Å². The summed E-state index contributed by atoms with van der Waals surface area (Å²) < 4.78 is 0. The second-order valence-electron chi connectivity index (χ2n) is 3.45. The third-order valence-corrected chi connectivity index (χ3v) is 2.47. The van der Waals surface area contributed by atoms with Gasteiger partial charge in [0.15, 0.2) is 0 Å². The fourth-order valence-electron chi connectivity index (χ4n) is 1.22. The van der Waals surface area contributed by atoms with Gasteiger partial charge in [-0.3, -0.25) is 0 Å². The van der Waals surface area contributed by atoms with Gasteiger partial charge in [0.1, 0.15) is 0 Å². The molecule has 0 saturated heterocycles. The summed E-state index contributed by atoms with van der Waals surface area (Å²) in [5, 5.41) is 4.09. The molecule has 0 bridgehead atoms. The van der Waals surface area contributed by atoms with Crippen LogP contribution in [0.15, 0.2) is 18.2 Å². The Kier molecular flexibility index (Phi) is 4.23. The van der Waals surface area contributed by atoms with Gasteiger partial charge in [-0.25, -0.2) is 0 Å². The Morgan fingerprint density at radius 1 is 1.36 bits per heavy atom. The van der Waals surface area contributed by atoms with E-state index >= 15 is 0 Å². The van der Waals surface area contributed by atoms with Gasteiger partial charge in [0.25, 0.3) is 0 Å². The monoisotopic (exact) mass is 212 g/mol. The average molecular weight is 213 g/mol. The molecule has 0 spiro atoms. The molecule has 0 aliphatic heterocycles. The van der Waals surface area contributed by atoms with Gasteiger partial charge in [-0.05, 0) is 24.2 Å². The summed E-state index contributed by atoms with van der Waals surface area (Å²) in [6.45, 7) is 3.89. The summed E-state index contributed by atoms with van der Waals surface area (Å²) >= 11 is 6.14. The summed E-state index contributed by atoms with van der Waals surface area (Å²) in [4.78, 5) is 2.04. The number of anilines is 1. The van der Waals surface area contributed by atoms with Gasteiger partial charge in [0.2, 0.25) is 0 Å². The van der Waals surface area contributed by atoms with Crippen LogP contribution in [0.3, 0.4) is 0 Å². The van der Waals surface area contributed by atoms with Crippen molar-refractivity contribution in [2.45, 2.75) is 13.5 Å². The van der Waals surface area contributed by atoms with E-state index in [1.807, 2.05) is 25.1 Å². The highest BCUT2D eigenvalue weighted by Crippen LogP contribution is 2.22. The first-order valence-electron chi connectivity index (χ1n) is 4.81. The predicted molar refractivity (Wildman–Crippen MR) is 63.2 cm³/mol. The second kappa shape index (κ2) is 5.23. The van der Waals surface area contributed by atoms with Gasteiger partial charge >= 0.3 is 0 Å². The van der Waals surface area contributed by atoms with Crippen LogP contribution in [0.2, 0.25) is 5.02 Å². The highest BCUT2D eigenvalue weighted by Gasteiger charge is 2.02. The minimum Gasteiger partial charge on any atom is -0.378 e. The quantitative estimate of drug-likeness (QED) is 0.825. The van der Waals surface area contributed by atoms with Crippen LogP contribution in [0, 0.1) is 0 Å². The zero-order valence-corrected chi connectivity index (χ0v) is 9.73. The first kappa shape index (κ1) is 11.3. The van der Waals surface area contributed by atoms with Crippen LogP contribution in [0.4, 0.5) is 5.69 Å². The summed E-state index contributed by atoms with van der Waals surface area (Å²) in [6.07, 6.45) is 0. The average Bonchev–Trinajstić information content (AvgIpc) is 2.15. The van der Waals surface area contributed by atoms with Crippen molar-refractivity contribution in [3.8, 4) is 0 Å². The molecule has 14 heavy (non-hydrogen) atoms. The van der Waals surface area contributed by atoms with E-state index in [-0.39, 0.29) is 0 Å². The van der Waals surface area contributed by atoms with Crippen LogP contribution in [0.25, 0.3) is 0 Å². The number of rotatable bonds is 4. The molecule has 0 radical (unpaired) electrons. The molecule has 0 saturated carbocycles. The molecule has 0 heterocycles. The fraction of sp³-hybridized carbons (Fsp3) is 0.455. The lowest BCUT2D eigenvalue weighted by atomic mass is 10.2. The molecule has 3 heteroatoms. The maximum atomic E-state index is 6.14. The molecule has 0 amide bonds. The van der Waals surface area contributed by atoms with Crippen molar-refractivity contribution in [3.63, 3.8) is 0 Å². The van der Waals surface area contributed by atoms with Gasteiger partial charge < -0.3 is 10.2 Å². The molecule has 78 valence electrons. The number of benzene rings is 1. The highest BCUT2D eigenvalue weighted by molar-refractivity contribution is 6.31. The Balaban J connectivity index is 2.79. The van der Waals surface area contributed by atoms with Crippen molar-refractivity contribution < 1.29 is 0 Å². The van der Waals surface area contributed by atoms with Crippen molar-refractivity contribution in [2.75, 3.05) is 25.5 Å². The minimum atomic E-state index is 0.831. The molecule has 0 aromatic heterocycles. The molecule has 1 rings (SSSR count). The van der Waals surface area contributed by atoms with Gasteiger partial charge in [-0.2, -0.15) is 0 Å². The Morgan fingerprint density at radius 2 is 2.07 bits per heavy atom. The smallest absolute Gasteiger partial charge is 0.0471 e. The van der Waals surface area contributed by atoms with E-state index in [0.29, 0.717) is 0 Å². The number of nitrogens with one attached hydrogen (secondary N) is 1. The summed E-state index contributed by atoms with van der Waals surface area (Å²) in [5.74, 6) is 0. The lowest BCUT2D eigenvalue weighted by Gasteiger charge is -2.14. The molecule has 0 fully saturated rings. The van der Waals surface area contributed by atoms with Crippen LogP contribution >= 0.6 is 11.6 Å². The number of nitrogens with zero attached hydrogens (tertiary/aromatic N) is 1. The SMILES string of the molecule is CCNCc1ccc(N(C)C)cc1Cl. The number of hydrogen-bond acceptors (Lipinski definition) is 2. The summed E-state index contributed by atoms with van der Waals surface area (Å²) in [5.41, 5.74) is 2.29. The molecular weight excluding hydrogens is 196 g/mol. The zero-order chi connectivity index (χ0) is 10.6. The topological polar surface area (TPSA) is 15.3 Å².